The highest BCUT2D eigenvalue weighted by atomic mass is 16.5. The number of methoxy groups -OCH3 is 2. The second-order valence-corrected chi connectivity index (χ2v) is 5.52. The van der Waals surface area contributed by atoms with E-state index in [0.717, 1.165) is 41.5 Å². The van der Waals surface area contributed by atoms with Crippen LogP contribution in [0, 0.1) is 5.92 Å². The summed E-state index contributed by atoms with van der Waals surface area (Å²) in [4.78, 5) is 4.79. The number of aromatic nitrogens is 1. The van der Waals surface area contributed by atoms with E-state index < -0.39 is 0 Å². The summed E-state index contributed by atoms with van der Waals surface area (Å²) in [7, 11) is 3.24. The molecule has 0 radical (unpaired) electrons. The highest BCUT2D eigenvalue weighted by molar-refractivity contribution is 5.94. The van der Waals surface area contributed by atoms with Gasteiger partial charge in [-0.3, -0.25) is 4.98 Å². The van der Waals surface area contributed by atoms with Crippen LogP contribution in [0.3, 0.4) is 0 Å². The molecule has 0 amide bonds. The summed E-state index contributed by atoms with van der Waals surface area (Å²) >= 11 is 0. The fourth-order valence-corrected chi connectivity index (χ4v) is 3.08. The van der Waals surface area contributed by atoms with Crippen LogP contribution in [0.1, 0.15) is 17.7 Å². The summed E-state index contributed by atoms with van der Waals surface area (Å²) in [6.45, 7) is 0.699. The molecular formula is C16H21N3O2. The third kappa shape index (κ3) is 2.27. The van der Waals surface area contributed by atoms with Crippen LogP contribution in [0.4, 0.5) is 5.69 Å². The van der Waals surface area contributed by atoms with E-state index in [1.54, 1.807) is 14.2 Å². The monoisotopic (exact) mass is 287 g/mol. The molecule has 5 heteroatoms. The molecule has 0 spiro atoms. The number of pyridine rings is 1. The second kappa shape index (κ2) is 5.41. The first kappa shape index (κ1) is 13.9. The van der Waals surface area contributed by atoms with Gasteiger partial charge in [0.1, 0.15) is 0 Å². The summed E-state index contributed by atoms with van der Waals surface area (Å²) < 4.78 is 10.7. The van der Waals surface area contributed by atoms with Crippen molar-refractivity contribution in [1.29, 1.82) is 0 Å². The van der Waals surface area contributed by atoms with Crippen LogP contribution < -0.4 is 20.9 Å². The SMILES string of the molecule is COc1cc2nc3c(c(N)c2cc1OC)CCC(CN)C3. The summed E-state index contributed by atoms with van der Waals surface area (Å²) in [5.41, 5.74) is 16.1. The number of nitrogens with two attached hydrogens (primary N) is 2. The zero-order valence-corrected chi connectivity index (χ0v) is 12.5. The first-order valence-corrected chi connectivity index (χ1v) is 7.21. The molecule has 1 aromatic carbocycles. The van der Waals surface area contributed by atoms with Crippen LogP contribution >= 0.6 is 0 Å². The van der Waals surface area contributed by atoms with Crippen LogP contribution in [0.25, 0.3) is 10.9 Å². The Bertz CT molecular complexity index is 685. The Balaban J connectivity index is 2.19. The number of nitrogen functional groups attached to an aromatic ring is 1. The van der Waals surface area contributed by atoms with E-state index in [9.17, 15) is 0 Å². The molecule has 1 heterocycles. The van der Waals surface area contributed by atoms with Gasteiger partial charge in [0.25, 0.3) is 0 Å². The van der Waals surface area contributed by atoms with Gasteiger partial charge in [-0.1, -0.05) is 0 Å². The largest absolute Gasteiger partial charge is 0.493 e. The molecule has 21 heavy (non-hydrogen) atoms. The molecule has 1 atom stereocenters. The van der Waals surface area contributed by atoms with Crippen molar-refractivity contribution < 1.29 is 9.47 Å². The minimum Gasteiger partial charge on any atom is -0.493 e. The van der Waals surface area contributed by atoms with Crippen molar-refractivity contribution in [3.63, 3.8) is 0 Å². The zero-order valence-electron chi connectivity index (χ0n) is 12.5. The van der Waals surface area contributed by atoms with Gasteiger partial charge in [0, 0.05) is 22.8 Å². The van der Waals surface area contributed by atoms with Crippen LogP contribution in [0.2, 0.25) is 0 Å². The Hall–Kier alpha value is -2.01. The van der Waals surface area contributed by atoms with Crippen molar-refractivity contribution in [2.45, 2.75) is 19.3 Å². The molecule has 0 saturated carbocycles. The van der Waals surface area contributed by atoms with E-state index in [2.05, 4.69) is 0 Å². The Labute approximate surface area is 124 Å². The molecule has 3 rings (SSSR count). The van der Waals surface area contributed by atoms with Gasteiger partial charge in [-0.15, -0.1) is 0 Å². The highest BCUT2D eigenvalue weighted by Crippen LogP contribution is 2.38. The Morgan fingerprint density at radius 2 is 1.95 bits per heavy atom. The Morgan fingerprint density at radius 1 is 1.24 bits per heavy atom. The van der Waals surface area contributed by atoms with Crippen LogP contribution in [0.5, 0.6) is 11.5 Å². The first-order valence-electron chi connectivity index (χ1n) is 7.21. The fourth-order valence-electron chi connectivity index (χ4n) is 3.08. The van der Waals surface area contributed by atoms with Crippen molar-refractivity contribution in [1.82, 2.24) is 4.98 Å². The van der Waals surface area contributed by atoms with Crippen LogP contribution in [-0.2, 0) is 12.8 Å². The minimum atomic E-state index is 0.502. The van der Waals surface area contributed by atoms with Crippen molar-refractivity contribution >= 4 is 16.6 Å². The molecule has 1 unspecified atom stereocenters. The lowest BCUT2D eigenvalue weighted by molar-refractivity contribution is 0.355. The van der Waals surface area contributed by atoms with Crippen molar-refractivity contribution in [3.05, 3.63) is 23.4 Å². The predicted molar refractivity (Wildman–Crippen MR) is 83.8 cm³/mol. The molecule has 1 aromatic heterocycles. The smallest absolute Gasteiger partial charge is 0.162 e. The van der Waals surface area contributed by atoms with E-state index in [0.29, 0.717) is 24.0 Å². The molecule has 1 aliphatic rings. The third-order valence-corrected chi connectivity index (χ3v) is 4.34. The summed E-state index contributed by atoms with van der Waals surface area (Å²) in [6, 6.07) is 3.79. The average molecular weight is 287 g/mol. The van der Waals surface area contributed by atoms with E-state index >= 15 is 0 Å². The maximum absolute atomic E-state index is 6.37. The molecule has 0 fully saturated rings. The quantitative estimate of drug-likeness (QED) is 0.900. The molecule has 4 N–H and O–H groups in total. The number of rotatable bonds is 3. The number of nitrogens with zero attached hydrogens (tertiary/aromatic N) is 1. The molecular weight excluding hydrogens is 266 g/mol. The molecule has 0 aliphatic heterocycles. The first-order chi connectivity index (χ1) is 10.2. The van der Waals surface area contributed by atoms with Gasteiger partial charge in [0.05, 0.1) is 19.7 Å². The fraction of sp³-hybridized carbons (Fsp3) is 0.438. The molecule has 0 bridgehead atoms. The average Bonchev–Trinajstić information content (AvgIpc) is 2.53. The molecule has 1 aliphatic carbocycles. The van der Waals surface area contributed by atoms with E-state index in [1.807, 2.05) is 12.1 Å². The lowest BCUT2D eigenvalue weighted by atomic mass is 9.85. The zero-order chi connectivity index (χ0) is 15.0. The normalized spacial score (nSPS) is 17.6. The number of anilines is 1. The number of hydrogen-bond acceptors (Lipinski definition) is 5. The number of hydrogen-bond donors (Lipinski definition) is 2. The summed E-state index contributed by atoms with van der Waals surface area (Å²) in [6.07, 6.45) is 2.93. The van der Waals surface area contributed by atoms with Gasteiger partial charge in [0.2, 0.25) is 0 Å². The Morgan fingerprint density at radius 3 is 2.62 bits per heavy atom. The van der Waals surface area contributed by atoms with Gasteiger partial charge in [0.15, 0.2) is 11.5 Å². The van der Waals surface area contributed by atoms with Crippen molar-refractivity contribution in [2.75, 3.05) is 26.5 Å². The number of benzene rings is 1. The van der Waals surface area contributed by atoms with Gasteiger partial charge in [-0.05, 0) is 43.4 Å². The minimum absolute atomic E-state index is 0.502. The van der Waals surface area contributed by atoms with E-state index in [4.69, 9.17) is 25.9 Å². The maximum atomic E-state index is 6.37. The van der Waals surface area contributed by atoms with Gasteiger partial charge >= 0.3 is 0 Å². The van der Waals surface area contributed by atoms with E-state index in [1.165, 1.54) is 5.56 Å². The number of ether oxygens (including phenoxy) is 2. The predicted octanol–water partition coefficient (Wildman–Crippen LogP) is 1.90. The van der Waals surface area contributed by atoms with E-state index in [-0.39, 0.29) is 0 Å². The molecule has 2 aromatic rings. The lowest BCUT2D eigenvalue weighted by Gasteiger charge is -2.25. The highest BCUT2D eigenvalue weighted by Gasteiger charge is 2.23. The second-order valence-electron chi connectivity index (χ2n) is 5.52. The summed E-state index contributed by atoms with van der Waals surface area (Å²) in [5, 5.41) is 0.928. The maximum Gasteiger partial charge on any atom is 0.162 e. The lowest BCUT2D eigenvalue weighted by Crippen LogP contribution is -2.23. The third-order valence-electron chi connectivity index (χ3n) is 4.34. The van der Waals surface area contributed by atoms with Crippen molar-refractivity contribution in [3.8, 4) is 11.5 Å². The van der Waals surface area contributed by atoms with Gasteiger partial charge < -0.3 is 20.9 Å². The van der Waals surface area contributed by atoms with Gasteiger partial charge in [-0.2, -0.15) is 0 Å². The molecule has 0 saturated heterocycles. The molecule has 112 valence electrons. The molecule has 5 nitrogen and oxygen atoms in total. The standard InChI is InChI=1S/C16H21N3O2/c1-20-14-6-11-13(7-15(14)21-2)19-12-5-9(8-17)3-4-10(12)16(11)18/h6-7,9H,3-5,8,17H2,1-2H3,(H2,18,19). The number of fused-ring (bicyclic) bond motifs is 2. The summed E-state index contributed by atoms with van der Waals surface area (Å²) in [5.74, 6) is 1.85. The van der Waals surface area contributed by atoms with Crippen LogP contribution in [0.15, 0.2) is 12.1 Å². The van der Waals surface area contributed by atoms with Gasteiger partial charge in [-0.25, -0.2) is 0 Å². The Kier molecular flexibility index (Phi) is 3.59. The van der Waals surface area contributed by atoms with Crippen molar-refractivity contribution in [2.24, 2.45) is 11.7 Å². The van der Waals surface area contributed by atoms with Crippen LogP contribution in [-0.4, -0.2) is 25.7 Å². The topological polar surface area (TPSA) is 83.4 Å².